The van der Waals surface area contributed by atoms with Gasteiger partial charge in [-0.3, -0.25) is 0 Å². The van der Waals surface area contributed by atoms with Gasteiger partial charge in [-0.2, -0.15) is 13.2 Å². The van der Waals surface area contributed by atoms with Crippen LogP contribution in [0.2, 0.25) is 0 Å². The van der Waals surface area contributed by atoms with Gasteiger partial charge in [0.05, 0.1) is 12.2 Å². The topological polar surface area (TPSA) is 39.2 Å². The number of nitrogens with zero attached hydrogens (tertiary/aromatic N) is 1. The van der Waals surface area contributed by atoms with E-state index in [2.05, 4.69) is 9.72 Å². The van der Waals surface area contributed by atoms with Crippen LogP contribution < -0.4 is 0 Å². The highest BCUT2D eigenvalue weighted by atomic mass is 127. The molecule has 0 N–H and O–H groups in total. The molecule has 3 nitrogen and oxygen atoms in total. The molecule has 0 aliphatic carbocycles. The van der Waals surface area contributed by atoms with Crippen LogP contribution in [-0.4, -0.2) is 17.6 Å². The lowest BCUT2D eigenvalue weighted by Gasteiger charge is -2.08. The molecule has 0 saturated carbocycles. The third-order valence-corrected chi connectivity index (χ3v) is 2.46. The van der Waals surface area contributed by atoms with Crippen LogP contribution in [-0.2, 0) is 10.9 Å². The Morgan fingerprint density at radius 1 is 1.50 bits per heavy atom. The van der Waals surface area contributed by atoms with E-state index in [0.29, 0.717) is 0 Å². The largest absolute Gasteiger partial charge is 0.462 e. The average Bonchev–Trinajstić information content (AvgIpc) is 2.16. The lowest BCUT2D eigenvalue weighted by atomic mass is 10.2. The first kappa shape index (κ1) is 13.2. The number of halogens is 4. The highest BCUT2D eigenvalue weighted by Crippen LogP contribution is 2.28. The van der Waals surface area contributed by atoms with Crippen molar-refractivity contribution in [3.8, 4) is 0 Å². The second kappa shape index (κ2) is 4.98. The summed E-state index contributed by atoms with van der Waals surface area (Å²) in [5.74, 6) is -0.673. The molecule has 88 valence electrons. The van der Waals surface area contributed by atoms with Crippen LogP contribution >= 0.6 is 22.6 Å². The second-order valence-corrected chi connectivity index (χ2v) is 3.77. The molecule has 1 aromatic rings. The number of hydrogen-bond acceptors (Lipinski definition) is 3. The number of rotatable bonds is 2. The number of alkyl halides is 3. The molecule has 0 unspecified atom stereocenters. The lowest BCUT2D eigenvalue weighted by molar-refractivity contribution is -0.141. The number of ether oxygens (including phenoxy) is 1. The highest BCUT2D eigenvalue weighted by molar-refractivity contribution is 14.1. The van der Waals surface area contributed by atoms with Crippen LogP contribution in [0.1, 0.15) is 23.0 Å². The van der Waals surface area contributed by atoms with E-state index in [0.717, 1.165) is 12.1 Å². The van der Waals surface area contributed by atoms with Crippen molar-refractivity contribution in [2.45, 2.75) is 13.1 Å². The number of hydrogen-bond donors (Lipinski definition) is 0. The highest BCUT2D eigenvalue weighted by Gasteiger charge is 2.33. The summed E-state index contributed by atoms with van der Waals surface area (Å²) >= 11 is 1.57. The number of aromatic nitrogens is 1. The summed E-state index contributed by atoms with van der Waals surface area (Å²) in [7, 11) is 0. The summed E-state index contributed by atoms with van der Waals surface area (Å²) in [5, 5.41) is 0. The van der Waals surface area contributed by atoms with Gasteiger partial charge in [-0.1, -0.05) is 0 Å². The Labute approximate surface area is 103 Å². The van der Waals surface area contributed by atoms with Gasteiger partial charge < -0.3 is 4.74 Å². The van der Waals surface area contributed by atoms with Gasteiger partial charge in [0.25, 0.3) is 0 Å². The Balaban J connectivity index is 3.05. The van der Waals surface area contributed by atoms with Crippen molar-refractivity contribution in [1.29, 1.82) is 0 Å². The van der Waals surface area contributed by atoms with Crippen molar-refractivity contribution in [3.63, 3.8) is 0 Å². The van der Waals surface area contributed by atoms with Gasteiger partial charge in [0.1, 0.15) is 9.39 Å². The predicted molar refractivity (Wildman–Crippen MR) is 57.9 cm³/mol. The molecule has 0 aromatic carbocycles. The van der Waals surface area contributed by atoms with E-state index in [-0.39, 0.29) is 15.9 Å². The minimum Gasteiger partial charge on any atom is -0.462 e. The molecule has 0 saturated heterocycles. The van der Waals surface area contributed by atoms with Gasteiger partial charge in [-0.25, -0.2) is 9.78 Å². The van der Waals surface area contributed by atoms with Crippen LogP contribution in [0.5, 0.6) is 0 Å². The number of carbonyl (C=O) groups excluding carboxylic acids is 1. The summed E-state index contributed by atoms with van der Waals surface area (Å²) in [4.78, 5) is 14.6. The minimum atomic E-state index is -4.51. The fraction of sp³-hybridized carbons (Fsp3) is 0.333. The van der Waals surface area contributed by atoms with Gasteiger partial charge in [-0.15, -0.1) is 0 Å². The van der Waals surface area contributed by atoms with Crippen molar-refractivity contribution in [3.05, 3.63) is 27.1 Å². The molecule has 0 aliphatic heterocycles. The van der Waals surface area contributed by atoms with Gasteiger partial charge in [0, 0.05) is 0 Å². The quantitative estimate of drug-likeness (QED) is 0.470. The SMILES string of the molecule is CCOC(=O)c1ccc(C(F)(F)F)nc1I. The monoisotopic (exact) mass is 345 g/mol. The molecule has 1 aromatic heterocycles. The van der Waals surface area contributed by atoms with Crippen molar-refractivity contribution < 1.29 is 22.7 Å². The average molecular weight is 345 g/mol. The Morgan fingerprint density at radius 3 is 2.56 bits per heavy atom. The van der Waals surface area contributed by atoms with E-state index in [1.807, 2.05) is 0 Å². The number of esters is 1. The summed E-state index contributed by atoms with van der Waals surface area (Å²) in [6.07, 6.45) is -4.51. The molecule has 0 spiro atoms. The Morgan fingerprint density at radius 2 is 2.12 bits per heavy atom. The molecule has 7 heteroatoms. The standard InChI is InChI=1S/C9H7F3INO2/c1-2-16-8(15)5-3-4-6(9(10,11)12)14-7(5)13/h3-4H,2H2,1H3. The summed E-state index contributed by atoms with van der Waals surface area (Å²) in [6, 6.07) is 1.82. The Kier molecular flexibility index (Phi) is 4.11. The lowest BCUT2D eigenvalue weighted by Crippen LogP contribution is -2.13. The number of pyridine rings is 1. The smallest absolute Gasteiger partial charge is 0.433 e. The molecule has 1 heterocycles. The second-order valence-electron chi connectivity index (χ2n) is 2.75. The molecular formula is C9H7F3INO2. The fourth-order valence-corrected chi connectivity index (χ4v) is 1.61. The van der Waals surface area contributed by atoms with Gasteiger partial charge >= 0.3 is 12.1 Å². The molecule has 0 radical (unpaired) electrons. The van der Waals surface area contributed by atoms with Crippen molar-refractivity contribution in [2.75, 3.05) is 6.61 Å². The zero-order valence-corrected chi connectivity index (χ0v) is 10.3. The van der Waals surface area contributed by atoms with E-state index in [9.17, 15) is 18.0 Å². The minimum absolute atomic E-state index is 0.0223. The molecule has 0 bridgehead atoms. The fourth-order valence-electron chi connectivity index (χ4n) is 0.953. The Hall–Kier alpha value is -0.860. The first-order valence-electron chi connectivity index (χ1n) is 4.27. The van der Waals surface area contributed by atoms with Crippen LogP contribution in [0.3, 0.4) is 0 Å². The molecule has 0 atom stereocenters. The van der Waals surface area contributed by atoms with E-state index in [4.69, 9.17) is 0 Å². The van der Waals surface area contributed by atoms with Crippen LogP contribution in [0, 0.1) is 3.70 Å². The van der Waals surface area contributed by atoms with Gasteiger partial charge in [-0.05, 0) is 41.6 Å². The van der Waals surface area contributed by atoms with Crippen molar-refractivity contribution in [1.82, 2.24) is 4.98 Å². The zero-order chi connectivity index (χ0) is 12.3. The molecule has 0 fully saturated rings. The third-order valence-electron chi connectivity index (χ3n) is 1.63. The van der Waals surface area contributed by atoms with Gasteiger partial charge in [0.2, 0.25) is 0 Å². The van der Waals surface area contributed by atoms with Gasteiger partial charge in [0.15, 0.2) is 0 Å². The molecular weight excluding hydrogens is 338 g/mol. The third kappa shape index (κ3) is 3.06. The van der Waals surface area contributed by atoms with E-state index >= 15 is 0 Å². The molecule has 0 amide bonds. The van der Waals surface area contributed by atoms with Crippen LogP contribution in [0.25, 0.3) is 0 Å². The molecule has 16 heavy (non-hydrogen) atoms. The predicted octanol–water partition coefficient (Wildman–Crippen LogP) is 2.88. The number of carbonyl (C=O) groups is 1. The van der Waals surface area contributed by atoms with Crippen LogP contribution in [0.15, 0.2) is 12.1 Å². The maximum atomic E-state index is 12.3. The van der Waals surface area contributed by atoms with Crippen molar-refractivity contribution >= 4 is 28.6 Å². The molecule has 0 aliphatic rings. The maximum Gasteiger partial charge on any atom is 0.433 e. The van der Waals surface area contributed by atoms with Crippen LogP contribution in [0.4, 0.5) is 13.2 Å². The summed E-state index contributed by atoms with van der Waals surface area (Å²) in [6.45, 7) is 1.78. The van der Waals surface area contributed by atoms with E-state index < -0.39 is 17.8 Å². The van der Waals surface area contributed by atoms with Crippen molar-refractivity contribution in [2.24, 2.45) is 0 Å². The summed E-state index contributed by atoms with van der Waals surface area (Å²) in [5.41, 5.74) is -0.986. The first-order chi connectivity index (χ1) is 7.36. The normalized spacial score (nSPS) is 11.3. The van der Waals surface area contributed by atoms with E-state index in [1.54, 1.807) is 29.5 Å². The maximum absolute atomic E-state index is 12.3. The zero-order valence-electron chi connectivity index (χ0n) is 8.14. The first-order valence-corrected chi connectivity index (χ1v) is 5.35. The Bertz CT molecular complexity index is 406. The molecule has 1 rings (SSSR count). The summed E-state index contributed by atoms with van der Waals surface area (Å²) < 4.78 is 41.4. The van der Waals surface area contributed by atoms with E-state index in [1.165, 1.54) is 0 Å².